The molecule has 166 valence electrons. The number of hydrogen-bond donors (Lipinski definition) is 1. The fourth-order valence-corrected chi connectivity index (χ4v) is 4.24. The van der Waals surface area contributed by atoms with Crippen molar-refractivity contribution in [3.05, 3.63) is 94.0 Å². The molecule has 3 rings (SSSR count). The molecule has 0 radical (unpaired) electrons. The van der Waals surface area contributed by atoms with Crippen molar-refractivity contribution in [1.82, 2.24) is 4.83 Å². The minimum absolute atomic E-state index is 0.0334. The number of aryl methyl sites for hydroxylation is 1. The molecule has 3 aromatic rings. The number of hydrogen-bond acceptors (Lipinski definition) is 8. The first-order chi connectivity index (χ1) is 15.1. The molecule has 10 nitrogen and oxygen atoms in total. The lowest BCUT2D eigenvalue weighted by molar-refractivity contribution is -0.385. The Morgan fingerprint density at radius 1 is 0.938 bits per heavy atom. The zero-order valence-electron chi connectivity index (χ0n) is 16.6. The van der Waals surface area contributed by atoms with Crippen LogP contribution in [0.4, 0.5) is 5.69 Å². The summed E-state index contributed by atoms with van der Waals surface area (Å²) in [6.07, 6.45) is 1.24. The number of nitrogens with zero attached hydrogens (tertiary/aromatic N) is 2. The highest BCUT2D eigenvalue weighted by Crippen LogP contribution is 2.22. The summed E-state index contributed by atoms with van der Waals surface area (Å²) in [6.45, 7) is 1.84. The monoisotopic (exact) mass is 475 g/mol. The maximum atomic E-state index is 12.4. The molecule has 0 aliphatic rings. The molecular weight excluding hydrogens is 458 g/mol. The van der Waals surface area contributed by atoms with Crippen molar-refractivity contribution in [1.29, 1.82) is 0 Å². The smallest absolute Gasteiger partial charge is 0.339 e. The van der Waals surface area contributed by atoms with Gasteiger partial charge in [-0.2, -0.15) is 21.9 Å². The summed E-state index contributed by atoms with van der Waals surface area (Å²) in [4.78, 5) is 11.9. The van der Waals surface area contributed by atoms with Crippen molar-refractivity contribution in [3.8, 4) is 5.75 Å². The summed E-state index contributed by atoms with van der Waals surface area (Å²) >= 11 is 0. The van der Waals surface area contributed by atoms with E-state index < -0.39 is 25.1 Å². The highest BCUT2D eigenvalue weighted by molar-refractivity contribution is 7.89. The number of nitro benzene ring substituents is 1. The third-order valence-corrected chi connectivity index (χ3v) is 6.60. The van der Waals surface area contributed by atoms with E-state index in [0.29, 0.717) is 5.56 Å². The molecule has 0 amide bonds. The summed E-state index contributed by atoms with van der Waals surface area (Å²) in [5, 5.41) is 14.5. The van der Waals surface area contributed by atoms with E-state index in [9.17, 15) is 26.9 Å². The van der Waals surface area contributed by atoms with Crippen LogP contribution in [0.15, 0.2) is 87.7 Å². The lowest BCUT2D eigenvalue weighted by Crippen LogP contribution is -2.18. The summed E-state index contributed by atoms with van der Waals surface area (Å²) < 4.78 is 54.1. The highest BCUT2D eigenvalue weighted by atomic mass is 32.2. The molecule has 32 heavy (non-hydrogen) atoms. The van der Waals surface area contributed by atoms with Crippen LogP contribution in [-0.4, -0.2) is 28.0 Å². The predicted molar refractivity (Wildman–Crippen MR) is 116 cm³/mol. The van der Waals surface area contributed by atoms with Gasteiger partial charge in [0.2, 0.25) is 0 Å². The SMILES string of the molecule is Cc1ccc(S(=O)(=O)N/N=C\c2ccc(OS(=O)(=O)c3cccc([N+](=O)[O-])c3)cc2)cc1. The van der Waals surface area contributed by atoms with Crippen LogP contribution in [0.1, 0.15) is 11.1 Å². The average Bonchev–Trinajstić information content (AvgIpc) is 2.75. The zero-order valence-corrected chi connectivity index (χ0v) is 18.2. The Kier molecular flexibility index (Phi) is 6.55. The maximum Gasteiger partial charge on any atom is 0.339 e. The maximum absolute atomic E-state index is 12.4. The molecule has 3 aromatic carbocycles. The van der Waals surface area contributed by atoms with Crippen LogP contribution in [-0.2, 0) is 20.1 Å². The number of hydrazone groups is 1. The normalized spacial score (nSPS) is 11.9. The van der Waals surface area contributed by atoms with Crippen molar-refractivity contribution in [2.45, 2.75) is 16.7 Å². The van der Waals surface area contributed by atoms with Crippen LogP contribution in [0.25, 0.3) is 0 Å². The Balaban J connectivity index is 1.68. The first-order valence-electron chi connectivity index (χ1n) is 8.97. The highest BCUT2D eigenvalue weighted by Gasteiger charge is 2.20. The standard InChI is InChI=1S/C20H17N3O7S2/c1-15-5-11-19(12-6-15)31(26,27)22-21-14-16-7-9-18(10-8-16)30-32(28,29)20-4-2-3-17(13-20)23(24)25/h2-14,22H,1H3/b21-14-. The fourth-order valence-electron chi connectivity index (χ4n) is 2.48. The summed E-state index contributed by atoms with van der Waals surface area (Å²) in [7, 11) is -8.10. The Bertz CT molecular complexity index is 1370. The lowest BCUT2D eigenvalue weighted by atomic mass is 10.2. The van der Waals surface area contributed by atoms with Gasteiger partial charge in [0.1, 0.15) is 10.6 Å². The van der Waals surface area contributed by atoms with Gasteiger partial charge in [-0.3, -0.25) is 10.1 Å². The van der Waals surface area contributed by atoms with Gasteiger partial charge >= 0.3 is 10.1 Å². The van der Waals surface area contributed by atoms with Gasteiger partial charge in [0, 0.05) is 12.1 Å². The van der Waals surface area contributed by atoms with Crippen molar-refractivity contribution in [2.24, 2.45) is 5.10 Å². The quantitative estimate of drug-likeness (QED) is 0.228. The second-order valence-electron chi connectivity index (χ2n) is 6.53. The Morgan fingerprint density at radius 2 is 1.59 bits per heavy atom. The first-order valence-corrected chi connectivity index (χ1v) is 11.9. The number of benzene rings is 3. The van der Waals surface area contributed by atoms with Crippen LogP contribution in [0.3, 0.4) is 0 Å². The molecule has 1 N–H and O–H groups in total. The van der Waals surface area contributed by atoms with Gasteiger partial charge in [-0.25, -0.2) is 4.83 Å². The van der Waals surface area contributed by atoms with Gasteiger partial charge in [0.05, 0.1) is 16.0 Å². The van der Waals surface area contributed by atoms with E-state index in [2.05, 4.69) is 9.93 Å². The molecule has 0 aliphatic carbocycles. The molecule has 0 fully saturated rings. The van der Waals surface area contributed by atoms with E-state index >= 15 is 0 Å². The van der Waals surface area contributed by atoms with Crippen molar-refractivity contribution in [3.63, 3.8) is 0 Å². The lowest BCUT2D eigenvalue weighted by Gasteiger charge is -2.07. The molecule has 0 bridgehead atoms. The van der Waals surface area contributed by atoms with E-state index in [1.54, 1.807) is 12.1 Å². The predicted octanol–water partition coefficient (Wildman–Crippen LogP) is 2.98. The van der Waals surface area contributed by atoms with E-state index in [4.69, 9.17) is 4.18 Å². The number of sulfonamides is 1. The van der Waals surface area contributed by atoms with Gasteiger partial charge in [0.25, 0.3) is 15.7 Å². The fraction of sp³-hybridized carbons (Fsp3) is 0.0500. The molecule has 0 atom stereocenters. The third kappa shape index (κ3) is 5.68. The second kappa shape index (κ2) is 9.16. The number of nitro groups is 1. The molecule has 0 saturated heterocycles. The van der Waals surface area contributed by atoms with Gasteiger partial charge in [0.15, 0.2) is 0 Å². The Hall–Kier alpha value is -3.77. The van der Waals surface area contributed by atoms with Crippen LogP contribution < -0.4 is 9.01 Å². The molecule has 0 saturated carbocycles. The molecule has 0 unspecified atom stereocenters. The minimum Gasteiger partial charge on any atom is -0.379 e. The summed E-state index contributed by atoms with van der Waals surface area (Å²) in [5.74, 6) is -0.0334. The van der Waals surface area contributed by atoms with Crippen molar-refractivity contribution < 1.29 is 25.9 Å². The summed E-state index contributed by atoms with van der Waals surface area (Å²) in [5.41, 5.74) is 1.01. The van der Waals surface area contributed by atoms with Gasteiger partial charge in [-0.05, 0) is 55.0 Å². The Labute approximate surface area is 184 Å². The Morgan fingerprint density at radius 3 is 2.22 bits per heavy atom. The van der Waals surface area contributed by atoms with E-state index in [1.807, 2.05) is 6.92 Å². The largest absolute Gasteiger partial charge is 0.379 e. The number of rotatable bonds is 8. The van der Waals surface area contributed by atoms with Crippen LogP contribution in [0, 0.1) is 17.0 Å². The number of non-ortho nitro benzene ring substituents is 1. The van der Waals surface area contributed by atoms with E-state index in [0.717, 1.165) is 11.6 Å². The zero-order chi connectivity index (χ0) is 23.4. The average molecular weight is 476 g/mol. The molecule has 0 heterocycles. The molecule has 12 heteroatoms. The van der Waals surface area contributed by atoms with Crippen molar-refractivity contribution in [2.75, 3.05) is 0 Å². The van der Waals surface area contributed by atoms with Gasteiger partial charge in [-0.1, -0.05) is 23.8 Å². The van der Waals surface area contributed by atoms with Gasteiger partial charge < -0.3 is 4.18 Å². The number of nitrogens with one attached hydrogen (secondary N) is 1. The third-order valence-electron chi connectivity index (χ3n) is 4.12. The molecule has 0 aliphatic heterocycles. The van der Waals surface area contributed by atoms with Crippen LogP contribution in [0.2, 0.25) is 0 Å². The van der Waals surface area contributed by atoms with Crippen LogP contribution >= 0.6 is 0 Å². The van der Waals surface area contributed by atoms with Gasteiger partial charge in [-0.15, -0.1) is 0 Å². The second-order valence-corrected chi connectivity index (χ2v) is 9.73. The molecule has 0 aromatic heterocycles. The first kappa shape index (κ1) is 22.9. The van der Waals surface area contributed by atoms with E-state index in [1.165, 1.54) is 60.8 Å². The minimum atomic E-state index is -4.28. The summed E-state index contributed by atoms with van der Waals surface area (Å²) in [6, 6.07) is 16.3. The van der Waals surface area contributed by atoms with Crippen LogP contribution in [0.5, 0.6) is 5.75 Å². The molecular formula is C20H17N3O7S2. The molecule has 0 spiro atoms. The van der Waals surface area contributed by atoms with Crippen molar-refractivity contribution >= 4 is 32.0 Å². The van der Waals surface area contributed by atoms with E-state index in [-0.39, 0.29) is 21.2 Å². The topological polar surface area (TPSA) is 145 Å².